The summed E-state index contributed by atoms with van der Waals surface area (Å²) >= 11 is 0. The lowest BCUT2D eigenvalue weighted by Crippen LogP contribution is -1.84. The van der Waals surface area contributed by atoms with Crippen molar-refractivity contribution in [2.24, 2.45) is 0 Å². The summed E-state index contributed by atoms with van der Waals surface area (Å²) in [6, 6.07) is 0. The lowest BCUT2D eigenvalue weighted by molar-refractivity contribution is 0.602. The molecule has 0 radical (unpaired) electrons. The molecule has 0 spiro atoms. The summed E-state index contributed by atoms with van der Waals surface area (Å²) in [6.45, 7) is 6.92. The van der Waals surface area contributed by atoms with E-state index in [2.05, 4.69) is 19.6 Å². The largest absolute Gasteiger partial charge is 0.265 e. The van der Waals surface area contributed by atoms with E-state index in [9.17, 15) is 0 Å². The Kier molecular flexibility index (Phi) is 99.2. The maximum Gasteiger partial charge on any atom is 0.173 e. The van der Waals surface area contributed by atoms with E-state index in [1.54, 1.807) is 0 Å². The van der Waals surface area contributed by atoms with Crippen molar-refractivity contribution in [1.82, 2.24) is 0 Å². The van der Waals surface area contributed by atoms with Crippen LogP contribution in [0.2, 0.25) is 19.6 Å². The first kappa shape index (κ1) is 30.6. The molecule has 0 aromatic rings. The van der Waals surface area contributed by atoms with E-state index in [1.807, 2.05) is 0 Å². The van der Waals surface area contributed by atoms with Crippen LogP contribution in [0.4, 0.5) is 0 Å². The van der Waals surface area contributed by atoms with E-state index >= 15 is 0 Å². The first-order valence-corrected chi connectivity index (χ1v) is 6.56. The van der Waals surface area contributed by atoms with Gasteiger partial charge in [-0.3, -0.25) is 9.73 Å². The number of hydrogen-bond acceptors (Lipinski definition) is 2. The van der Waals surface area contributed by atoms with Crippen LogP contribution >= 0.6 is 45.5 Å². The van der Waals surface area contributed by atoms with Crippen molar-refractivity contribution in [1.29, 1.82) is 5.16 Å². The molecule has 0 aromatic heterocycles. The fourth-order valence-corrected chi connectivity index (χ4v) is 0. The van der Waals surface area contributed by atoms with Crippen LogP contribution in [0.15, 0.2) is 0 Å². The summed E-state index contributed by atoms with van der Waals surface area (Å²) in [5.41, 5.74) is 0. The van der Waals surface area contributed by atoms with Gasteiger partial charge in [0.1, 0.15) is 0 Å². The zero-order valence-electron chi connectivity index (χ0n) is 6.21. The van der Waals surface area contributed by atoms with Crippen LogP contribution in [-0.2, 0) is 4.57 Å². The van der Waals surface area contributed by atoms with Crippen LogP contribution in [0.1, 0.15) is 0 Å². The normalized spacial score (nSPS) is 5.60. The molecule has 0 aromatic carbocycles. The van der Waals surface area contributed by atoms with E-state index < -0.39 is 8.25 Å². The van der Waals surface area contributed by atoms with Crippen LogP contribution in [0.25, 0.3) is 0 Å². The third-order valence-electron chi connectivity index (χ3n) is 0. The van der Waals surface area contributed by atoms with Crippen LogP contribution in [0.5, 0.6) is 0 Å². The molecule has 0 saturated heterocycles. The molecule has 0 saturated carbocycles. The molecule has 0 rings (SSSR count). The molecule has 0 aliphatic heterocycles. The number of halogens is 3. The fourth-order valence-electron chi connectivity index (χ4n) is 0. The Morgan fingerprint density at radius 3 is 1.10 bits per heavy atom. The Hall–Kier alpha value is 0.987. The second-order valence-electron chi connectivity index (χ2n) is 1.83. The molecule has 0 aliphatic rings. The Morgan fingerprint density at radius 2 is 1.10 bits per heavy atom. The van der Waals surface area contributed by atoms with Gasteiger partial charge in [0.25, 0.3) is 0 Å². The van der Waals surface area contributed by atoms with Gasteiger partial charge < -0.3 is 0 Å². The summed E-state index contributed by atoms with van der Waals surface area (Å²) in [5, 5.41) is 5.68. The number of hydrogen-bond donors (Lipinski definition) is 1. The number of nitrogens with one attached hydrogen (secondary N) is 1. The van der Waals surface area contributed by atoms with Crippen LogP contribution in [0.3, 0.4) is 0 Å². The van der Waals surface area contributed by atoms with Gasteiger partial charge in [0.05, 0.1) is 0 Å². The average Bonchev–Trinajstić information content (AvgIpc) is 1.33. The van der Waals surface area contributed by atoms with E-state index in [0.717, 1.165) is 0 Å². The molecule has 1 atom stereocenters. The minimum absolute atomic E-state index is 0. The summed E-state index contributed by atoms with van der Waals surface area (Å²) in [4.78, 5) is 0. The third-order valence-corrected chi connectivity index (χ3v) is 0. The molecule has 68 valence electrons. The predicted octanol–water partition coefficient (Wildman–Crippen LogP) is 3.14. The van der Waals surface area contributed by atoms with Gasteiger partial charge >= 0.3 is 0 Å². The molecule has 0 amide bonds. The molecular formula is C3H15Cl3NOPSi. The smallest absolute Gasteiger partial charge is 0.173 e. The zero-order valence-corrected chi connectivity index (χ0v) is 10.8. The van der Waals surface area contributed by atoms with E-state index in [1.165, 1.54) is 0 Å². The molecular weight excluding hydrogens is 231 g/mol. The Bertz CT molecular complexity index is 66.0. The van der Waals surface area contributed by atoms with Crippen LogP contribution < -0.4 is 0 Å². The summed E-state index contributed by atoms with van der Waals surface area (Å²) < 4.78 is 8.62. The standard InChI is InChI=1S/C3H10Si.3ClH.H2NOP/c1-4(2)3;;;;1-3-2/h4H,1-3H3;3*1H;1,3H. The van der Waals surface area contributed by atoms with E-state index in [4.69, 9.17) is 9.73 Å². The summed E-state index contributed by atoms with van der Waals surface area (Å²) in [7, 11) is -1.06. The van der Waals surface area contributed by atoms with Crippen molar-refractivity contribution in [3.63, 3.8) is 0 Å². The average molecular weight is 247 g/mol. The van der Waals surface area contributed by atoms with E-state index in [0.29, 0.717) is 0 Å². The van der Waals surface area contributed by atoms with Crippen molar-refractivity contribution in [2.75, 3.05) is 0 Å². The van der Waals surface area contributed by atoms with Gasteiger partial charge in [-0.15, -0.1) is 37.2 Å². The fraction of sp³-hybridized carbons (Fsp3) is 1.00. The molecule has 1 N–H and O–H groups in total. The van der Waals surface area contributed by atoms with Gasteiger partial charge in [0.2, 0.25) is 0 Å². The molecule has 10 heavy (non-hydrogen) atoms. The lowest BCUT2D eigenvalue weighted by Gasteiger charge is -1.75. The highest BCUT2D eigenvalue weighted by Crippen LogP contribution is 1.68. The van der Waals surface area contributed by atoms with E-state index in [-0.39, 0.29) is 46.0 Å². The third kappa shape index (κ3) is 589. The first-order valence-electron chi connectivity index (χ1n) is 2.19. The quantitative estimate of drug-likeness (QED) is 0.518. The molecule has 7 heteroatoms. The van der Waals surface area contributed by atoms with Crippen LogP contribution in [-0.4, -0.2) is 8.80 Å². The maximum atomic E-state index is 8.62. The van der Waals surface area contributed by atoms with Gasteiger partial charge in [0, 0.05) is 8.80 Å². The first-order chi connectivity index (χ1) is 3.15. The SMILES string of the molecule is C[SiH](C)C.Cl.Cl.Cl.N=[PH]=O. The highest BCUT2D eigenvalue weighted by atomic mass is 35.5. The predicted molar refractivity (Wildman–Crippen MR) is 58.2 cm³/mol. The van der Waals surface area contributed by atoms with Gasteiger partial charge in [-0.1, -0.05) is 19.6 Å². The van der Waals surface area contributed by atoms with Crippen molar-refractivity contribution < 1.29 is 4.57 Å². The second-order valence-corrected chi connectivity index (χ2v) is 5.50. The highest BCUT2D eigenvalue weighted by Gasteiger charge is 1.71. The second kappa shape index (κ2) is 32.4. The summed E-state index contributed by atoms with van der Waals surface area (Å²) in [5.74, 6) is 0. The van der Waals surface area contributed by atoms with Crippen molar-refractivity contribution in [3.8, 4) is 0 Å². The zero-order chi connectivity index (χ0) is 6.28. The Labute approximate surface area is 83.7 Å². The Balaban J connectivity index is -0.0000000131. The molecule has 0 aliphatic carbocycles. The van der Waals surface area contributed by atoms with Crippen molar-refractivity contribution in [2.45, 2.75) is 19.6 Å². The Morgan fingerprint density at radius 1 is 1.10 bits per heavy atom. The molecule has 0 bridgehead atoms. The molecule has 2 nitrogen and oxygen atoms in total. The molecule has 0 heterocycles. The van der Waals surface area contributed by atoms with Gasteiger partial charge in [-0.05, 0) is 0 Å². The maximum absolute atomic E-state index is 8.62. The van der Waals surface area contributed by atoms with Gasteiger partial charge in [0.15, 0.2) is 8.25 Å². The summed E-state index contributed by atoms with van der Waals surface area (Å²) in [6.07, 6.45) is 0. The minimum Gasteiger partial charge on any atom is -0.265 e. The number of rotatable bonds is 0. The lowest BCUT2D eigenvalue weighted by atomic mass is 11.8. The highest BCUT2D eigenvalue weighted by molar-refractivity contribution is 7.09. The topological polar surface area (TPSA) is 40.9 Å². The van der Waals surface area contributed by atoms with Gasteiger partial charge in [-0.2, -0.15) is 0 Å². The van der Waals surface area contributed by atoms with Crippen LogP contribution in [0, 0.1) is 5.16 Å². The van der Waals surface area contributed by atoms with Crippen molar-refractivity contribution in [3.05, 3.63) is 0 Å². The monoisotopic (exact) mass is 245 g/mol. The molecule has 0 fully saturated rings. The van der Waals surface area contributed by atoms with Gasteiger partial charge in [-0.25, -0.2) is 0 Å². The minimum atomic E-state index is -0.917. The molecule has 1 unspecified atom stereocenters. The van der Waals surface area contributed by atoms with Crippen molar-refractivity contribution >= 4 is 54.3 Å².